The van der Waals surface area contributed by atoms with Crippen LogP contribution in [0.4, 0.5) is 11.4 Å². The molecular weight excluding hydrogens is 262 g/mol. The molecule has 20 heavy (non-hydrogen) atoms. The average molecular weight is 281 g/mol. The van der Waals surface area contributed by atoms with E-state index >= 15 is 0 Å². The summed E-state index contributed by atoms with van der Waals surface area (Å²) in [4.78, 5) is 22.1. The van der Waals surface area contributed by atoms with Crippen LogP contribution >= 0.6 is 0 Å². The van der Waals surface area contributed by atoms with Gasteiger partial charge < -0.3 is 15.4 Å². The smallest absolute Gasteiger partial charge is 0.292 e. The van der Waals surface area contributed by atoms with Crippen LogP contribution in [0.15, 0.2) is 18.2 Å². The van der Waals surface area contributed by atoms with Gasteiger partial charge >= 0.3 is 0 Å². The summed E-state index contributed by atoms with van der Waals surface area (Å²) in [6.07, 6.45) is 0. The number of methoxy groups -OCH3 is 1. The monoisotopic (exact) mass is 281 g/mol. The molecule has 0 saturated carbocycles. The number of amides is 1. The van der Waals surface area contributed by atoms with Gasteiger partial charge in [0.1, 0.15) is 5.69 Å². The van der Waals surface area contributed by atoms with Gasteiger partial charge in [0.25, 0.3) is 11.6 Å². The van der Waals surface area contributed by atoms with Crippen LogP contribution in [0, 0.1) is 16.0 Å². The van der Waals surface area contributed by atoms with Crippen molar-refractivity contribution < 1.29 is 14.5 Å². The van der Waals surface area contributed by atoms with Gasteiger partial charge in [-0.1, -0.05) is 6.92 Å². The Balaban J connectivity index is 2.94. The van der Waals surface area contributed by atoms with E-state index < -0.39 is 4.92 Å². The summed E-state index contributed by atoms with van der Waals surface area (Å²) in [5.74, 6) is -0.0869. The van der Waals surface area contributed by atoms with E-state index in [4.69, 9.17) is 4.74 Å². The van der Waals surface area contributed by atoms with Gasteiger partial charge in [0.15, 0.2) is 0 Å². The zero-order valence-corrected chi connectivity index (χ0v) is 11.8. The highest BCUT2D eigenvalue weighted by Gasteiger charge is 2.16. The molecule has 0 aliphatic rings. The molecule has 0 saturated heterocycles. The predicted octanol–water partition coefficient (Wildman–Crippen LogP) is 1.65. The maximum absolute atomic E-state index is 11.6. The number of anilines is 1. The molecule has 0 spiro atoms. The molecule has 0 bridgehead atoms. The SMILES string of the molecule is CNC(=O)c1ccc([N+](=O)[O-])c(NCC(C)COC)c1. The van der Waals surface area contributed by atoms with Crippen molar-refractivity contribution in [3.63, 3.8) is 0 Å². The first-order valence-electron chi connectivity index (χ1n) is 6.23. The van der Waals surface area contributed by atoms with Gasteiger partial charge in [-0.25, -0.2) is 0 Å². The molecule has 1 aromatic carbocycles. The van der Waals surface area contributed by atoms with Crippen LogP contribution in [0.25, 0.3) is 0 Å². The summed E-state index contributed by atoms with van der Waals surface area (Å²) in [6.45, 7) is 3.03. The van der Waals surface area contributed by atoms with Crippen LogP contribution in [0.2, 0.25) is 0 Å². The summed E-state index contributed by atoms with van der Waals surface area (Å²) >= 11 is 0. The van der Waals surface area contributed by atoms with E-state index in [1.807, 2.05) is 6.92 Å². The van der Waals surface area contributed by atoms with Crippen molar-refractivity contribution in [1.29, 1.82) is 0 Å². The molecule has 1 atom stereocenters. The Bertz CT molecular complexity index is 491. The third-order valence-corrected chi connectivity index (χ3v) is 2.77. The van der Waals surface area contributed by atoms with Crippen LogP contribution in [0.3, 0.4) is 0 Å². The Hall–Kier alpha value is -2.15. The number of nitro benzene ring substituents is 1. The van der Waals surface area contributed by atoms with Crippen molar-refractivity contribution in [2.24, 2.45) is 5.92 Å². The van der Waals surface area contributed by atoms with E-state index in [2.05, 4.69) is 10.6 Å². The molecule has 1 rings (SSSR count). The predicted molar refractivity (Wildman–Crippen MR) is 76.0 cm³/mol. The third kappa shape index (κ3) is 4.20. The highest BCUT2D eigenvalue weighted by Crippen LogP contribution is 2.25. The van der Waals surface area contributed by atoms with E-state index in [0.717, 1.165) is 0 Å². The lowest BCUT2D eigenvalue weighted by atomic mass is 10.1. The minimum Gasteiger partial charge on any atom is -0.384 e. The molecule has 1 aromatic rings. The lowest BCUT2D eigenvalue weighted by Crippen LogP contribution is -2.19. The molecule has 0 aliphatic heterocycles. The maximum atomic E-state index is 11.6. The number of carbonyl (C=O) groups is 1. The number of hydrogen-bond donors (Lipinski definition) is 2. The number of carbonyl (C=O) groups excluding carboxylic acids is 1. The first-order valence-corrected chi connectivity index (χ1v) is 6.23. The van der Waals surface area contributed by atoms with Crippen molar-refractivity contribution in [1.82, 2.24) is 5.32 Å². The molecule has 1 amide bonds. The summed E-state index contributed by atoms with van der Waals surface area (Å²) < 4.78 is 5.01. The number of hydrogen-bond acceptors (Lipinski definition) is 5. The number of ether oxygens (including phenoxy) is 1. The molecule has 0 radical (unpaired) electrons. The standard InChI is InChI=1S/C13H19N3O4/c1-9(8-20-3)7-15-11-6-10(13(17)14-2)4-5-12(11)16(18)19/h4-6,9,15H,7-8H2,1-3H3,(H,14,17). The molecule has 7 nitrogen and oxygen atoms in total. The Morgan fingerprint density at radius 2 is 2.20 bits per heavy atom. The number of nitrogens with one attached hydrogen (secondary N) is 2. The first-order chi connectivity index (χ1) is 9.49. The second-order valence-corrected chi connectivity index (χ2v) is 4.51. The highest BCUT2D eigenvalue weighted by atomic mass is 16.6. The molecule has 0 heterocycles. The highest BCUT2D eigenvalue weighted by molar-refractivity contribution is 5.95. The van der Waals surface area contributed by atoms with Crippen LogP contribution in [-0.4, -0.2) is 38.1 Å². The van der Waals surface area contributed by atoms with Crippen LogP contribution in [0.5, 0.6) is 0 Å². The topological polar surface area (TPSA) is 93.5 Å². The molecule has 1 unspecified atom stereocenters. The van der Waals surface area contributed by atoms with Crippen molar-refractivity contribution in [3.8, 4) is 0 Å². The number of nitrogens with zero attached hydrogens (tertiary/aromatic N) is 1. The fraction of sp³-hybridized carbons (Fsp3) is 0.462. The minimum absolute atomic E-state index is 0.0535. The van der Waals surface area contributed by atoms with Gasteiger partial charge in [-0.3, -0.25) is 14.9 Å². The van der Waals surface area contributed by atoms with E-state index in [-0.39, 0.29) is 17.5 Å². The van der Waals surface area contributed by atoms with Crippen molar-refractivity contribution >= 4 is 17.3 Å². The Labute approximate surface area is 117 Å². The third-order valence-electron chi connectivity index (χ3n) is 2.77. The molecular formula is C13H19N3O4. The van der Waals surface area contributed by atoms with Crippen LogP contribution in [0.1, 0.15) is 17.3 Å². The summed E-state index contributed by atoms with van der Waals surface area (Å²) in [7, 11) is 3.11. The molecule has 2 N–H and O–H groups in total. The average Bonchev–Trinajstić information content (AvgIpc) is 2.44. The zero-order chi connectivity index (χ0) is 15.1. The van der Waals surface area contributed by atoms with Crippen LogP contribution < -0.4 is 10.6 Å². The van der Waals surface area contributed by atoms with Gasteiger partial charge in [-0.15, -0.1) is 0 Å². The lowest BCUT2D eigenvalue weighted by molar-refractivity contribution is -0.384. The van der Waals surface area contributed by atoms with Gasteiger partial charge in [0.2, 0.25) is 0 Å². The van der Waals surface area contributed by atoms with E-state index in [1.165, 1.54) is 25.2 Å². The van der Waals surface area contributed by atoms with Gasteiger partial charge in [0.05, 0.1) is 11.5 Å². The zero-order valence-electron chi connectivity index (χ0n) is 11.8. The van der Waals surface area contributed by atoms with E-state index in [9.17, 15) is 14.9 Å². The molecule has 0 aliphatic carbocycles. The Morgan fingerprint density at radius 1 is 1.50 bits per heavy atom. The second kappa shape index (κ2) is 7.44. The normalized spacial score (nSPS) is 11.8. The van der Waals surface area contributed by atoms with Crippen molar-refractivity contribution in [3.05, 3.63) is 33.9 Å². The number of benzene rings is 1. The molecule has 0 fully saturated rings. The van der Waals surface area contributed by atoms with Gasteiger partial charge in [-0.2, -0.15) is 0 Å². The van der Waals surface area contributed by atoms with Gasteiger partial charge in [-0.05, 0) is 18.1 Å². The summed E-state index contributed by atoms with van der Waals surface area (Å²) in [6, 6.07) is 4.24. The Kier molecular flexibility index (Phi) is 5.92. The second-order valence-electron chi connectivity index (χ2n) is 4.51. The van der Waals surface area contributed by atoms with E-state index in [1.54, 1.807) is 7.11 Å². The van der Waals surface area contributed by atoms with Crippen molar-refractivity contribution in [2.45, 2.75) is 6.92 Å². The summed E-state index contributed by atoms with van der Waals surface area (Å²) in [5, 5.41) is 16.5. The number of rotatable bonds is 7. The molecule has 110 valence electrons. The quantitative estimate of drug-likeness (QED) is 0.585. The van der Waals surface area contributed by atoms with E-state index in [0.29, 0.717) is 24.4 Å². The van der Waals surface area contributed by atoms with Crippen molar-refractivity contribution in [2.75, 3.05) is 32.6 Å². The maximum Gasteiger partial charge on any atom is 0.292 e. The minimum atomic E-state index is -0.475. The van der Waals surface area contributed by atoms with Crippen LogP contribution in [-0.2, 0) is 4.74 Å². The molecule has 7 heteroatoms. The first kappa shape index (κ1) is 15.9. The fourth-order valence-corrected chi connectivity index (χ4v) is 1.75. The summed E-state index contributed by atoms with van der Waals surface area (Å²) in [5.41, 5.74) is 0.654. The fourth-order valence-electron chi connectivity index (χ4n) is 1.75. The molecule has 0 aromatic heterocycles. The largest absolute Gasteiger partial charge is 0.384 e. The lowest BCUT2D eigenvalue weighted by Gasteiger charge is -2.13. The number of nitro groups is 1. The van der Waals surface area contributed by atoms with Gasteiger partial charge in [0, 0.05) is 32.3 Å². The Morgan fingerprint density at radius 3 is 2.75 bits per heavy atom.